The molecule has 0 spiro atoms. The first-order chi connectivity index (χ1) is 19.7. The fourth-order valence-electron chi connectivity index (χ4n) is 4.68. The number of aromatic nitrogens is 1. The lowest BCUT2D eigenvalue weighted by Gasteiger charge is -2.26. The van der Waals surface area contributed by atoms with E-state index in [4.69, 9.17) is 25.8 Å². The summed E-state index contributed by atoms with van der Waals surface area (Å²) in [5, 5.41) is 0.547. The molecule has 2 aliphatic rings. The molecular formula is C30H30ClN3O6S. The highest BCUT2D eigenvalue weighted by molar-refractivity contribution is 7.07. The number of esters is 1. The number of carbonyl (C=O) groups is 2. The van der Waals surface area contributed by atoms with Gasteiger partial charge in [-0.15, -0.1) is 0 Å². The van der Waals surface area contributed by atoms with Gasteiger partial charge in [0.1, 0.15) is 5.75 Å². The summed E-state index contributed by atoms with van der Waals surface area (Å²) in [4.78, 5) is 46.1. The number of carbonyl (C=O) groups excluding carboxylic acids is 2. The number of halogens is 1. The van der Waals surface area contributed by atoms with Crippen LogP contribution in [0.3, 0.4) is 0 Å². The predicted octanol–water partition coefficient (Wildman–Crippen LogP) is 3.08. The lowest BCUT2D eigenvalue weighted by Crippen LogP contribution is -2.42. The van der Waals surface area contributed by atoms with Gasteiger partial charge in [0.2, 0.25) is 0 Å². The van der Waals surface area contributed by atoms with E-state index in [2.05, 4.69) is 4.99 Å². The van der Waals surface area contributed by atoms with Gasteiger partial charge in [0.15, 0.2) is 11.4 Å². The molecule has 1 amide bonds. The number of fused-ring (bicyclic) bond motifs is 1. The van der Waals surface area contributed by atoms with Crippen molar-refractivity contribution in [3.05, 3.63) is 95.6 Å². The zero-order chi connectivity index (χ0) is 29.1. The van der Waals surface area contributed by atoms with E-state index in [0.717, 1.165) is 11.1 Å². The molecule has 1 atom stereocenters. The highest BCUT2D eigenvalue weighted by Gasteiger charge is 2.33. The van der Waals surface area contributed by atoms with Crippen LogP contribution in [-0.4, -0.2) is 60.4 Å². The summed E-state index contributed by atoms with van der Waals surface area (Å²) in [7, 11) is 0. The smallest absolute Gasteiger partial charge is 0.338 e. The molecule has 9 nitrogen and oxygen atoms in total. The number of thiazole rings is 1. The fraction of sp³-hybridized carbons (Fsp3) is 0.333. The molecule has 2 aliphatic heterocycles. The number of rotatable bonds is 7. The Hall–Kier alpha value is -3.73. The maximum atomic E-state index is 13.8. The van der Waals surface area contributed by atoms with Crippen molar-refractivity contribution in [3.63, 3.8) is 0 Å². The first-order valence-electron chi connectivity index (χ1n) is 13.3. The van der Waals surface area contributed by atoms with Crippen molar-refractivity contribution < 1.29 is 23.8 Å². The molecule has 1 unspecified atom stereocenters. The molecular weight excluding hydrogens is 566 g/mol. The number of hydrogen-bond donors (Lipinski definition) is 0. The number of ether oxygens (including phenoxy) is 3. The number of hydrogen-bond acceptors (Lipinski definition) is 8. The molecule has 214 valence electrons. The standard InChI is InChI=1S/C30H30ClN3O6S/c1-18(2)40-29(37)26-19(3)32-30-34(27(26)21-6-8-22(31)9-7-21)28(36)24(41-30)16-20-4-10-23(11-5-20)39-17-25(35)33-12-14-38-15-13-33/h4-11,16,18,27H,12-15,17H2,1-3H3/b24-16-. The molecule has 0 aliphatic carbocycles. The van der Waals surface area contributed by atoms with Gasteiger partial charge in [0, 0.05) is 18.1 Å². The van der Waals surface area contributed by atoms with E-state index in [9.17, 15) is 14.4 Å². The topological polar surface area (TPSA) is 99.4 Å². The SMILES string of the molecule is CC1=C(C(=O)OC(C)C)C(c2ccc(Cl)cc2)n2c(s/c(=C\c3ccc(OCC(=O)N4CCOCC4)cc3)c2=O)=N1. The second kappa shape index (κ2) is 12.4. The molecule has 0 saturated carbocycles. The van der Waals surface area contributed by atoms with Crippen molar-refractivity contribution in [3.8, 4) is 5.75 Å². The molecule has 11 heteroatoms. The Balaban J connectivity index is 1.44. The Morgan fingerprint density at radius 3 is 2.46 bits per heavy atom. The van der Waals surface area contributed by atoms with Gasteiger partial charge in [-0.3, -0.25) is 14.2 Å². The van der Waals surface area contributed by atoms with Crippen LogP contribution in [0.1, 0.15) is 37.9 Å². The average molecular weight is 596 g/mol. The van der Waals surface area contributed by atoms with Gasteiger partial charge in [0.05, 0.1) is 41.2 Å². The average Bonchev–Trinajstić information content (AvgIpc) is 3.26. The zero-order valence-electron chi connectivity index (χ0n) is 23.0. The third-order valence-electron chi connectivity index (χ3n) is 6.67. The zero-order valence-corrected chi connectivity index (χ0v) is 24.5. The van der Waals surface area contributed by atoms with Gasteiger partial charge in [-0.05, 0) is 62.2 Å². The Bertz CT molecular complexity index is 1650. The van der Waals surface area contributed by atoms with Crippen LogP contribution in [-0.2, 0) is 19.1 Å². The second-order valence-electron chi connectivity index (χ2n) is 9.94. The van der Waals surface area contributed by atoms with Crippen LogP contribution in [0.2, 0.25) is 5.02 Å². The van der Waals surface area contributed by atoms with Gasteiger partial charge in [-0.2, -0.15) is 0 Å². The first kappa shape index (κ1) is 28.8. The third-order valence-corrected chi connectivity index (χ3v) is 7.91. The number of allylic oxidation sites excluding steroid dienone is 1. The van der Waals surface area contributed by atoms with Crippen molar-refractivity contribution in [1.29, 1.82) is 0 Å². The normalized spacial score (nSPS) is 17.3. The maximum Gasteiger partial charge on any atom is 0.338 e. The molecule has 3 heterocycles. The molecule has 1 fully saturated rings. The second-order valence-corrected chi connectivity index (χ2v) is 11.4. The van der Waals surface area contributed by atoms with E-state index in [-0.39, 0.29) is 24.2 Å². The lowest BCUT2D eigenvalue weighted by molar-refractivity contribution is -0.143. The van der Waals surface area contributed by atoms with Crippen LogP contribution in [0, 0.1) is 0 Å². The highest BCUT2D eigenvalue weighted by Crippen LogP contribution is 2.31. The molecule has 0 bridgehead atoms. The van der Waals surface area contributed by atoms with Gasteiger partial charge in [0.25, 0.3) is 11.5 Å². The Morgan fingerprint density at radius 1 is 1.12 bits per heavy atom. The number of morpholine rings is 1. The van der Waals surface area contributed by atoms with Gasteiger partial charge >= 0.3 is 5.97 Å². The van der Waals surface area contributed by atoms with Crippen LogP contribution in [0.4, 0.5) is 0 Å². The number of nitrogens with zero attached hydrogens (tertiary/aromatic N) is 3. The first-order valence-corrected chi connectivity index (χ1v) is 14.5. The molecule has 0 radical (unpaired) electrons. The van der Waals surface area contributed by atoms with Gasteiger partial charge < -0.3 is 19.1 Å². The van der Waals surface area contributed by atoms with Crippen molar-refractivity contribution in [2.75, 3.05) is 32.9 Å². The quantitative estimate of drug-likeness (QED) is 0.389. The third kappa shape index (κ3) is 6.45. The van der Waals surface area contributed by atoms with Crippen molar-refractivity contribution >= 4 is 40.9 Å². The summed E-state index contributed by atoms with van der Waals surface area (Å²) >= 11 is 7.38. The fourth-order valence-corrected chi connectivity index (χ4v) is 5.85. The minimum atomic E-state index is -0.711. The molecule has 41 heavy (non-hydrogen) atoms. The van der Waals surface area contributed by atoms with Crippen LogP contribution >= 0.6 is 22.9 Å². The van der Waals surface area contributed by atoms with Gasteiger partial charge in [-0.1, -0.05) is 47.2 Å². The summed E-state index contributed by atoms with van der Waals surface area (Å²) in [5.41, 5.74) is 2.04. The number of benzene rings is 2. The van der Waals surface area contributed by atoms with Crippen molar-refractivity contribution in [2.45, 2.75) is 32.9 Å². The maximum absolute atomic E-state index is 13.8. The van der Waals surface area contributed by atoms with Crippen LogP contribution in [0.15, 0.2) is 69.6 Å². The lowest BCUT2D eigenvalue weighted by atomic mass is 9.96. The highest BCUT2D eigenvalue weighted by atomic mass is 35.5. The summed E-state index contributed by atoms with van der Waals surface area (Å²) < 4.78 is 18.5. The molecule has 2 aromatic carbocycles. The van der Waals surface area contributed by atoms with E-state index in [1.54, 1.807) is 72.7 Å². The monoisotopic (exact) mass is 595 g/mol. The van der Waals surface area contributed by atoms with Crippen LogP contribution < -0.4 is 19.6 Å². The van der Waals surface area contributed by atoms with E-state index in [1.807, 2.05) is 12.1 Å². The summed E-state index contributed by atoms with van der Waals surface area (Å²) in [6, 6.07) is 13.5. The minimum absolute atomic E-state index is 0.0520. The van der Waals surface area contributed by atoms with Crippen molar-refractivity contribution in [2.24, 2.45) is 4.99 Å². The van der Waals surface area contributed by atoms with Crippen LogP contribution in [0.25, 0.3) is 6.08 Å². The molecule has 3 aromatic rings. The molecule has 1 aromatic heterocycles. The van der Waals surface area contributed by atoms with E-state index >= 15 is 0 Å². The summed E-state index contributed by atoms with van der Waals surface area (Å²) in [6.45, 7) is 7.46. The molecule has 5 rings (SSSR count). The van der Waals surface area contributed by atoms with E-state index in [0.29, 0.717) is 57.7 Å². The van der Waals surface area contributed by atoms with Gasteiger partial charge in [-0.25, -0.2) is 9.79 Å². The molecule has 0 N–H and O–H groups in total. The van der Waals surface area contributed by atoms with E-state index in [1.165, 1.54) is 11.3 Å². The molecule has 1 saturated heterocycles. The Kier molecular flexibility index (Phi) is 8.72. The Morgan fingerprint density at radius 2 is 1.80 bits per heavy atom. The summed E-state index contributed by atoms with van der Waals surface area (Å²) in [6.07, 6.45) is 1.44. The summed E-state index contributed by atoms with van der Waals surface area (Å²) in [5.74, 6) is -0.0456. The Labute approximate surface area is 245 Å². The predicted molar refractivity (Wildman–Crippen MR) is 156 cm³/mol. The van der Waals surface area contributed by atoms with Crippen LogP contribution in [0.5, 0.6) is 5.75 Å². The minimum Gasteiger partial charge on any atom is -0.484 e. The van der Waals surface area contributed by atoms with E-state index < -0.39 is 12.0 Å². The largest absolute Gasteiger partial charge is 0.484 e. The van der Waals surface area contributed by atoms with Crippen molar-refractivity contribution in [1.82, 2.24) is 9.47 Å². The number of amides is 1.